The van der Waals surface area contributed by atoms with Gasteiger partial charge >= 0.3 is 215 Å². The molecular formula is C26H30As2O6. The van der Waals surface area contributed by atoms with E-state index < -0.39 is 52.5 Å². The van der Waals surface area contributed by atoms with Crippen LogP contribution in [0.1, 0.15) is 57.1 Å². The molecule has 0 amide bonds. The fourth-order valence-electron chi connectivity index (χ4n) is 3.92. The molecule has 0 heterocycles. The normalized spacial score (nSPS) is 14.3. The molecule has 1 atom stereocenters. The maximum atomic E-state index is 12.4. The maximum absolute atomic E-state index is 12.4. The van der Waals surface area contributed by atoms with Crippen LogP contribution in [0.25, 0.3) is 11.1 Å². The third-order valence-corrected chi connectivity index (χ3v) is 9.64. The number of carbonyl (C=O) groups excluding carboxylic acids is 2. The average Bonchev–Trinajstić information content (AvgIpc) is 3.09. The monoisotopic (exact) mass is 588 g/mol. The summed E-state index contributed by atoms with van der Waals surface area (Å²) in [4.78, 5) is 35.9. The molecule has 8 heteroatoms. The minimum atomic E-state index is -1.08. The van der Waals surface area contributed by atoms with Gasteiger partial charge in [-0.3, -0.25) is 0 Å². The van der Waals surface area contributed by atoms with Gasteiger partial charge in [-0.05, 0) is 0 Å². The van der Waals surface area contributed by atoms with Crippen molar-refractivity contribution in [2.24, 2.45) is 0 Å². The number of hydrogen-bond acceptors (Lipinski definition) is 5. The van der Waals surface area contributed by atoms with Gasteiger partial charge in [0.05, 0.1) is 0 Å². The van der Waals surface area contributed by atoms with E-state index >= 15 is 0 Å². The van der Waals surface area contributed by atoms with Crippen molar-refractivity contribution < 1.29 is 29.0 Å². The minimum absolute atomic E-state index is 0.0603. The van der Waals surface area contributed by atoms with Crippen LogP contribution in [0.2, 0.25) is 9.91 Å². The third-order valence-electron chi connectivity index (χ3n) is 5.40. The number of ether oxygens (including phenoxy) is 2. The van der Waals surface area contributed by atoms with E-state index in [1.807, 2.05) is 24.3 Å². The molecule has 0 aliphatic heterocycles. The predicted molar refractivity (Wildman–Crippen MR) is 133 cm³/mol. The van der Waals surface area contributed by atoms with Crippen molar-refractivity contribution >= 4 is 47.0 Å². The molecular weight excluding hydrogens is 558 g/mol. The Balaban J connectivity index is 1.40. The van der Waals surface area contributed by atoms with E-state index in [1.54, 1.807) is 20.8 Å². The quantitative estimate of drug-likeness (QED) is 0.266. The van der Waals surface area contributed by atoms with Crippen molar-refractivity contribution in [3.05, 3.63) is 59.7 Å². The first-order valence-corrected chi connectivity index (χ1v) is 15.6. The van der Waals surface area contributed by atoms with Gasteiger partial charge in [-0.15, -0.1) is 0 Å². The number of hydrogen-bond donors (Lipinski definition) is 1. The number of carboxylic acid groups (broad SMARTS) is 1. The number of unbranched alkanes of at least 4 members (excludes halogenated alkanes) is 1. The Bertz CT molecular complexity index is 984. The molecule has 0 spiro atoms. The topological polar surface area (TPSA) is 89.9 Å². The number of benzene rings is 2. The standard InChI is InChI=1S/C26H30As2O6/c1-26(2,3)34-25(32)28-22(23(29)30)14-8-9-15-27-24(31)33-16-21-19-12-6-4-10-17(19)18-11-5-7-13-20(18)21/h4-7,10-13,21-22H,8-9,14-16H2,1-3H3,(H,29,30). The number of rotatable bonds is 11. The van der Waals surface area contributed by atoms with E-state index in [2.05, 4.69) is 24.3 Å². The summed E-state index contributed by atoms with van der Waals surface area (Å²) in [6, 6.07) is 16.5. The average molecular weight is 588 g/mol. The van der Waals surface area contributed by atoms with E-state index in [9.17, 15) is 19.5 Å². The summed E-state index contributed by atoms with van der Waals surface area (Å²) in [5.41, 5.74) is 4.19. The fraction of sp³-hybridized carbons (Fsp3) is 0.423. The Morgan fingerprint density at radius 3 is 2.09 bits per heavy atom. The van der Waals surface area contributed by atoms with Gasteiger partial charge < -0.3 is 0 Å². The summed E-state index contributed by atoms with van der Waals surface area (Å²) in [7, 11) is 0. The molecule has 2 aromatic rings. The summed E-state index contributed by atoms with van der Waals surface area (Å²) in [5.74, 6) is -0.888. The second-order valence-corrected chi connectivity index (χ2v) is 14.1. The zero-order chi connectivity index (χ0) is 24.7. The van der Waals surface area contributed by atoms with Crippen molar-refractivity contribution in [3.8, 4) is 11.1 Å². The number of carbonyl (C=O) groups is 3. The summed E-state index contributed by atoms with van der Waals surface area (Å²) >= 11 is -1.70. The molecule has 6 nitrogen and oxygen atoms in total. The Kier molecular flexibility index (Phi) is 9.45. The molecule has 3 rings (SSSR count). The molecule has 0 aromatic heterocycles. The zero-order valence-corrected chi connectivity index (χ0v) is 23.4. The molecule has 180 valence electrons. The molecule has 34 heavy (non-hydrogen) atoms. The van der Waals surface area contributed by atoms with Crippen molar-refractivity contribution in [3.63, 3.8) is 0 Å². The van der Waals surface area contributed by atoms with E-state index in [0.29, 0.717) is 19.4 Å². The molecule has 0 saturated heterocycles. The fourth-order valence-corrected chi connectivity index (χ4v) is 7.55. The molecule has 0 bridgehead atoms. The van der Waals surface area contributed by atoms with Gasteiger partial charge in [-0.1, -0.05) is 0 Å². The molecule has 2 radical (unpaired) electrons. The van der Waals surface area contributed by atoms with Crippen LogP contribution in [0.3, 0.4) is 0 Å². The number of aliphatic carboxylic acids is 1. The molecule has 0 saturated carbocycles. The van der Waals surface area contributed by atoms with Gasteiger partial charge in [0.2, 0.25) is 0 Å². The first-order valence-electron chi connectivity index (χ1n) is 11.3. The van der Waals surface area contributed by atoms with Crippen LogP contribution in [0, 0.1) is 0 Å². The Morgan fingerprint density at radius 1 is 0.941 bits per heavy atom. The molecule has 1 aliphatic rings. The van der Waals surface area contributed by atoms with Crippen LogP contribution in [0.4, 0.5) is 9.59 Å². The van der Waals surface area contributed by atoms with Crippen LogP contribution >= 0.6 is 0 Å². The van der Waals surface area contributed by atoms with E-state index in [4.69, 9.17) is 9.47 Å². The second-order valence-electron chi connectivity index (χ2n) is 9.14. The van der Waals surface area contributed by atoms with Crippen molar-refractivity contribution in [2.45, 2.75) is 61.5 Å². The van der Waals surface area contributed by atoms with Crippen LogP contribution in [-0.4, -0.2) is 64.3 Å². The van der Waals surface area contributed by atoms with Gasteiger partial charge in [-0.25, -0.2) is 0 Å². The van der Waals surface area contributed by atoms with Gasteiger partial charge in [0, 0.05) is 0 Å². The van der Waals surface area contributed by atoms with Crippen LogP contribution in [-0.2, 0) is 14.3 Å². The summed E-state index contributed by atoms with van der Waals surface area (Å²) < 4.78 is 9.71. The van der Waals surface area contributed by atoms with E-state index in [-0.39, 0.29) is 10.7 Å². The predicted octanol–water partition coefficient (Wildman–Crippen LogP) is 5.74. The zero-order valence-electron chi connectivity index (χ0n) is 19.7. The van der Waals surface area contributed by atoms with Crippen LogP contribution in [0.15, 0.2) is 48.5 Å². The summed E-state index contributed by atoms with van der Waals surface area (Å²) in [5, 5.41) is 10.2. The first kappa shape index (κ1) is 26.6. The molecule has 1 unspecified atom stereocenters. The van der Waals surface area contributed by atoms with Crippen LogP contribution < -0.4 is 0 Å². The van der Waals surface area contributed by atoms with Gasteiger partial charge in [0.1, 0.15) is 0 Å². The van der Waals surface area contributed by atoms with E-state index in [1.165, 1.54) is 22.3 Å². The van der Waals surface area contributed by atoms with Gasteiger partial charge in [0.25, 0.3) is 0 Å². The van der Waals surface area contributed by atoms with Gasteiger partial charge in [-0.2, -0.15) is 0 Å². The first-order chi connectivity index (χ1) is 16.2. The second kappa shape index (κ2) is 12.1. The van der Waals surface area contributed by atoms with Crippen molar-refractivity contribution in [1.29, 1.82) is 0 Å². The van der Waals surface area contributed by atoms with E-state index in [0.717, 1.165) is 11.6 Å². The summed E-state index contributed by atoms with van der Waals surface area (Å²) in [6.07, 6.45) is 1.85. The van der Waals surface area contributed by atoms with Crippen LogP contribution in [0.5, 0.6) is 0 Å². The summed E-state index contributed by atoms with van der Waals surface area (Å²) in [6.45, 7) is 5.65. The van der Waals surface area contributed by atoms with Crippen molar-refractivity contribution in [2.75, 3.05) is 6.61 Å². The van der Waals surface area contributed by atoms with Crippen molar-refractivity contribution in [1.82, 2.24) is 0 Å². The Labute approximate surface area is 214 Å². The third kappa shape index (κ3) is 7.48. The molecule has 1 aliphatic carbocycles. The number of carboxylic acids is 1. The van der Waals surface area contributed by atoms with Gasteiger partial charge in [0.15, 0.2) is 0 Å². The molecule has 1 N–H and O–H groups in total. The Hall–Kier alpha value is -2.03. The SMILES string of the molecule is CC(C)(C)OC(=O)[As]C(CCCC[As]C(=O)OCC1c2ccccc2-c2ccccc21)C(=O)O. The molecule has 2 aromatic carbocycles. The number of fused-ring (bicyclic) bond motifs is 3. The molecule has 0 fully saturated rings. The Morgan fingerprint density at radius 2 is 1.53 bits per heavy atom.